The summed E-state index contributed by atoms with van der Waals surface area (Å²) in [6.07, 6.45) is -0.443. The van der Waals surface area contributed by atoms with Crippen molar-refractivity contribution in [1.29, 1.82) is 0 Å². The molecule has 1 aromatic carbocycles. The molecule has 0 N–H and O–H groups in total. The van der Waals surface area contributed by atoms with E-state index >= 15 is 0 Å². The molecular formula is C12H14FN3O. The molecule has 0 saturated heterocycles. The van der Waals surface area contributed by atoms with Crippen molar-refractivity contribution in [3.05, 3.63) is 46.3 Å². The van der Waals surface area contributed by atoms with Gasteiger partial charge in [0.05, 0.1) is 18.8 Å². The number of alkyl halides is 1. The average molecular weight is 235 g/mol. The largest absolute Gasteiger partial charge is 0.373 e. The second-order valence-electron chi connectivity index (χ2n) is 4.18. The number of ether oxygens (including phenoxy) is 1. The quantitative estimate of drug-likeness (QED) is 0.448. The highest BCUT2D eigenvalue weighted by atomic mass is 19.1. The van der Waals surface area contributed by atoms with E-state index < -0.39 is 12.2 Å². The molecule has 0 bridgehead atoms. The van der Waals surface area contributed by atoms with Gasteiger partial charge in [0.25, 0.3) is 0 Å². The Bertz CT molecular complexity index is 405. The zero-order chi connectivity index (χ0) is 12.1. The van der Waals surface area contributed by atoms with Crippen LogP contribution in [0.3, 0.4) is 0 Å². The maximum absolute atomic E-state index is 13.4. The smallest absolute Gasteiger partial charge is 0.111 e. The molecule has 3 atom stereocenters. The van der Waals surface area contributed by atoms with E-state index in [0.717, 1.165) is 5.56 Å². The highest BCUT2D eigenvalue weighted by Crippen LogP contribution is 2.28. The molecule has 0 aromatic heterocycles. The van der Waals surface area contributed by atoms with E-state index in [0.29, 0.717) is 19.4 Å². The second kappa shape index (κ2) is 5.66. The second-order valence-corrected chi connectivity index (χ2v) is 4.18. The van der Waals surface area contributed by atoms with Gasteiger partial charge in [0.1, 0.15) is 6.17 Å². The van der Waals surface area contributed by atoms with Crippen molar-refractivity contribution in [2.45, 2.75) is 37.8 Å². The molecule has 0 heterocycles. The van der Waals surface area contributed by atoms with E-state index in [2.05, 4.69) is 10.0 Å². The van der Waals surface area contributed by atoms with Crippen molar-refractivity contribution >= 4 is 0 Å². The third-order valence-corrected chi connectivity index (χ3v) is 2.94. The van der Waals surface area contributed by atoms with Gasteiger partial charge in [-0.05, 0) is 17.5 Å². The average Bonchev–Trinajstić information content (AvgIpc) is 2.70. The molecule has 4 nitrogen and oxygen atoms in total. The Hall–Kier alpha value is -1.58. The molecule has 0 radical (unpaired) electrons. The zero-order valence-electron chi connectivity index (χ0n) is 9.37. The van der Waals surface area contributed by atoms with E-state index in [1.165, 1.54) is 0 Å². The summed E-state index contributed by atoms with van der Waals surface area (Å²) in [5.74, 6) is 0. The lowest BCUT2D eigenvalue weighted by Gasteiger charge is -2.10. The minimum atomic E-state index is -1.08. The fourth-order valence-corrected chi connectivity index (χ4v) is 2.03. The van der Waals surface area contributed by atoms with Crippen LogP contribution < -0.4 is 0 Å². The third-order valence-electron chi connectivity index (χ3n) is 2.94. The van der Waals surface area contributed by atoms with Crippen LogP contribution >= 0.6 is 0 Å². The number of nitrogens with zero attached hydrogens (tertiary/aromatic N) is 3. The van der Waals surface area contributed by atoms with Gasteiger partial charge in [-0.25, -0.2) is 4.39 Å². The van der Waals surface area contributed by atoms with Gasteiger partial charge in [-0.3, -0.25) is 0 Å². The minimum Gasteiger partial charge on any atom is -0.373 e. The van der Waals surface area contributed by atoms with Crippen LogP contribution in [0.15, 0.2) is 35.4 Å². The lowest BCUT2D eigenvalue weighted by Crippen LogP contribution is -2.10. The van der Waals surface area contributed by atoms with Gasteiger partial charge in [0.15, 0.2) is 0 Å². The summed E-state index contributed by atoms with van der Waals surface area (Å²) in [6.45, 7) is 0.473. The first kappa shape index (κ1) is 11.9. The first-order chi connectivity index (χ1) is 8.29. The molecule has 90 valence electrons. The monoisotopic (exact) mass is 235 g/mol. The topological polar surface area (TPSA) is 58.0 Å². The molecule has 0 aliphatic heterocycles. The van der Waals surface area contributed by atoms with E-state index in [1.807, 2.05) is 30.3 Å². The van der Waals surface area contributed by atoms with Crippen molar-refractivity contribution < 1.29 is 9.13 Å². The van der Waals surface area contributed by atoms with Crippen molar-refractivity contribution in [1.82, 2.24) is 0 Å². The third kappa shape index (κ3) is 3.19. The summed E-state index contributed by atoms with van der Waals surface area (Å²) in [4.78, 5) is 2.65. The molecule has 1 aromatic rings. The summed E-state index contributed by atoms with van der Waals surface area (Å²) < 4.78 is 19.0. The summed E-state index contributed by atoms with van der Waals surface area (Å²) in [5.41, 5.74) is 9.35. The van der Waals surface area contributed by atoms with Crippen LogP contribution in [0.25, 0.3) is 10.4 Å². The summed E-state index contributed by atoms with van der Waals surface area (Å²) in [7, 11) is 0. The SMILES string of the molecule is [N-]=[N+]=NC1CC(OCc2ccccc2)CC1F. The molecular weight excluding hydrogens is 221 g/mol. The molecule has 0 amide bonds. The summed E-state index contributed by atoms with van der Waals surface area (Å²) in [5, 5.41) is 3.44. The fraction of sp³-hybridized carbons (Fsp3) is 0.500. The highest BCUT2D eigenvalue weighted by Gasteiger charge is 2.34. The molecule has 3 unspecified atom stereocenters. The molecule has 1 saturated carbocycles. The van der Waals surface area contributed by atoms with Crippen LogP contribution in [0, 0.1) is 0 Å². The van der Waals surface area contributed by atoms with Gasteiger partial charge in [-0.1, -0.05) is 35.4 Å². The molecule has 1 aliphatic rings. The van der Waals surface area contributed by atoms with Crippen LogP contribution in [0.2, 0.25) is 0 Å². The molecule has 1 aliphatic carbocycles. The van der Waals surface area contributed by atoms with Gasteiger partial charge in [-0.15, -0.1) is 0 Å². The molecule has 1 fully saturated rings. The van der Waals surface area contributed by atoms with Crippen LogP contribution in [0.1, 0.15) is 18.4 Å². The first-order valence-corrected chi connectivity index (χ1v) is 5.63. The van der Waals surface area contributed by atoms with Gasteiger partial charge in [-0.2, -0.15) is 0 Å². The maximum Gasteiger partial charge on any atom is 0.111 e. The Balaban J connectivity index is 1.84. The zero-order valence-corrected chi connectivity index (χ0v) is 9.37. The molecule has 17 heavy (non-hydrogen) atoms. The van der Waals surface area contributed by atoms with Crippen molar-refractivity contribution in [2.24, 2.45) is 5.11 Å². The number of halogens is 1. The Morgan fingerprint density at radius 3 is 2.82 bits per heavy atom. The van der Waals surface area contributed by atoms with Gasteiger partial charge in [0, 0.05) is 11.3 Å². The number of azide groups is 1. The lowest BCUT2D eigenvalue weighted by atomic mass is 10.2. The van der Waals surface area contributed by atoms with Crippen LogP contribution in [0.5, 0.6) is 0 Å². The first-order valence-electron chi connectivity index (χ1n) is 5.63. The maximum atomic E-state index is 13.4. The van der Waals surface area contributed by atoms with Crippen LogP contribution in [-0.4, -0.2) is 18.3 Å². The molecule has 5 heteroatoms. The standard InChI is InChI=1S/C12H14FN3O/c13-11-6-10(7-12(11)15-16-14)17-8-9-4-2-1-3-5-9/h1-5,10-12H,6-8H2. The predicted molar refractivity (Wildman–Crippen MR) is 62.1 cm³/mol. The van der Waals surface area contributed by atoms with Crippen molar-refractivity contribution in [3.63, 3.8) is 0 Å². The Labute approximate surface area is 99.0 Å². The minimum absolute atomic E-state index is 0.152. The predicted octanol–water partition coefficient (Wildman–Crippen LogP) is 3.38. The normalized spacial score (nSPS) is 27.7. The van der Waals surface area contributed by atoms with Crippen LogP contribution in [0.4, 0.5) is 4.39 Å². The van der Waals surface area contributed by atoms with Gasteiger partial charge >= 0.3 is 0 Å². The fourth-order valence-electron chi connectivity index (χ4n) is 2.03. The summed E-state index contributed by atoms with van der Waals surface area (Å²) in [6, 6.07) is 9.18. The lowest BCUT2D eigenvalue weighted by molar-refractivity contribution is 0.0412. The van der Waals surface area contributed by atoms with Crippen molar-refractivity contribution in [3.8, 4) is 0 Å². The number of benzene rings is 1. The van der Waals surface area contributed by atoms with Crippen LogP contribution in [-0.2, 0) is 11.3 Å². The summed E-state index contributed by atoms with van der Waals surface area (Å²) >= 11 is 0. The Morgan fingerprint density at radius 2 is 2.12 bits per heavy atom. The Kier molecular flexibility index (Phi) is 3.96. The number of hydrogen-bond donors (Lipinski definition) is 0. The molecule has 0 spiro atoms. The Morgan fingerprint density at radius 1 is 1.35 bits per heavy atom. The van der Waals surface area contributed by atoms with Gasteiger partial charge < -0.3 is 4.74 Å². The van der Waals surface area contributed by atoms with Gasteiger partial charge in [0.2, 0.25) is 0 Å². The van der Waals surface area contributed by atoms with E-state index in [1.54, 1.807) is 0 Å². The molecule has 2 rings (SSSR count). The number of hydrogen-bond acceptors (Lipinski definition) is 2. The van der Waals surface area contributed by atoms with E-state index in [4.69, 9.17) is 10.3 Å². The van der Waals surface area contributed by atoms with E-state index in [-0.39, 0.29) is 6.10 Å². The number of rotatable bonds is 4. The van der Waals surface area contributed by atoms with E-state index in [9.17, 15) is 4.39 Å². The highest BCUT2D eigenvalue weighted by molar-refractivity contribution is 5.13. The van der Waals surface area contributed by atoms with Crippen molar-refractivity contribution in [2.75, 3.05) is 0 Å².